The Bertz CT molecular complexity index is 838. The number of aryl methyl sites for hydroxylation is 1. The minimum atomic E-state index is -3.80. The highest BCUT2D eigenvalue weighted by molar-refractivity contribution is 7.89. The molecule has 2 N–H and O–H groups in total. The zero-order valence-corrected chi connectivity index (χ0v) is 14.5. The SMILES string of the molecule is Cc1cc(Cl)ccc1NC(=O)CNS(=O)(=O)c1cccc(Cl)c1. The summed E-state index contributed by atoms with van der Waals surface area (Å²) in [5.74, 6) is -0.485. The van der Waals surface area contributed by atoms with E-state index in [1.54, 1.807) is 31.2 Å². The van der Waals surface area contributed by atoms with Crippen LogP contribution in [-0.2, 0) is 14.8 Å². The summed E-state index contributed by atoms with van der Waals surface area (Å²) >= 11 is 11.6. The first-order valence-electron chi connectivity index (χ1n) is 6.59. The first-order chi connectivity index (χ1) is 10.8. The molecule has 0 atom stereocenters. The van der Waals surface area contributed by atoms with Crippen molar-refractivity contribution in [2.75, 3.05) is 11.9 Å². The molecular formula is C15H14Cl2N2O3S. The highest BCUT2D eigenvalue weighted by atomic mass is 35.5. The van der Waals surface area contributed by atoms with Crippen LogP contribution in [0, 0.1) is 6.92 Å². The number of rotatable bonds is 5. The number of carbonyl (C=O) groups is 1. The van der Waals surface area contributed by atoms with Gasteiger partial charge in [-0.3, -0.25) is 4.79 Å². The van der Waals surface area contributed by atoms with E-state index in [0.29, 0.717) is 15.7 Å². The Kier molecular flexibility index (Phi) is 5.64. The average Bonchev–Trinajstić information content (AvgIpc) is 2.48. The third-order valence-electron chi connectivity index (χ3n) is 2.99. The summed E-state index contributed by atoms with van der Waals surface area (Å²) in [5.41, 5.74) is 1.35. The standard InChI is InChI=1S/C15H14Cl2N2O3S/c1-10-7-12(17)5-6-14(10)19-15(20)9-18-23(21,22)13-4-2-3-11(16)8-13/h2-8,18H,9H2,1H3,(H,19,20). The van der Waals surface area contributed by atoms with Crippen LogP contribution in [0.4, 0.5) is 5.69 Å². The van der Waals surface area contributed by atoms with Gasteiger partial charge in [-0.05, 0) is 48.9 Å². The minimum Gasteiger partial charge on any atom is -0.325 e. The number of hydrogen-bond acceptors (Lipinski definition) is 3. The molecule has 5 nitrogen and oxygen atoms in total. The lowest BCUT2D eigenvalue weighted by molar-refractivity contribution is -0.115. The second kappa shape index (κ2) is 7.31. The van der Waals surface area contributed by atoms with Gasteiger partial charge in [0.25, 0.3) is 0 Å². The van der Waals surface area contributed by atoms with Crippen molar-refractivity contribution < 1.29 is 13.2 Å². The summed E-state index contributed by atoms with van der Waals surface area (Å²) in [6, 6.07) is 10.8. The summed E-state index contributed by atoms with van der Waals surface area (Å²) in [7, 11) is -3.80. The lowest BCUT2D eigenvalue weighted by Crippen LogP contribution is -2.33. The monoisotopic (exact) mass is 372 g/mol. The van der Waals surface area contributed by atoms with Gasteiger partial charge >= 0.3 is 0 Å². The molecule has 8 heteroatoms. The third-order valence-corrected chi connectivity index (χ3v) is 4.86. The Hall–Kier alpha value is -1.60. The maximum Gasteiger partial charge on any atom is 0.241 e. The number of halogens is 2. The summed E-state index contributed by atoms with van der Waals surface area (Å²) < 4.78 is 26.4. The molecule has 2 aromatic carbocycles. The van der Waals surface area contributed by atoms with E-state index < -0.39 is 22.5 Å². The van der Waals surface area contributed by atoms with Crippen LogP contribution in [-0.4, -0.2) is 20.9 Å². The van der Waals surface area contributed by atoms with Crippen molar-refractivity contribution in [2.24, 2.45) is 0 Å². The van der Waals surface area contributed by atoms with Crippen LogP contribution in [0.15, 0.2) is 47.4 Å². The normalized spacial score (nSPS) is 11.3. The molecule has 0 radical (unpaired) electrons. The van der Waals surface area contributed by atoms with E-state index in [1.165, 1.54) is 18.2 Å². The first-order valence-corrected chi connectivity index (χ1v) is 8.83. The number of carbonyl (C=O) groups excluding carboxylic acids is 1. The number of sulfonamides is 1. The lowest BCUT2D eigenvalue weighted by atomic mass is 10.2. The second-order valence-corrected chi connectivity index (χ2v) is 7.43. The third kappa shape index (κ3) is 4.94. The molecule has 0 aromatic heterocycles. The number of hydrogen-bond donors (Lipinski definition) is 2. The summed E-state index contributed by atoms with van der Waals surface area (Å²) in [6.07, 6.45) is 0. The molecule has 122 valence electrons. The van der Waals surface area contributed by atoms with E-state index in [1.807, 2.05) is 0 Å². The zero-order chi connectivity index (χ0) is 17.0. The number of benzene rings is 2. The Labute approximate surface area is 144 Å². The highest BCUT2D eigenvalue weighted by Gasteiger charge is 2.16. The Balaban J connectivity index is 2.01. The highest BCUT2D eigenvalue weighted by Crippen LogP contribution is 2.19. The van der Waals surface area contributed by atoms with Crippen molar-refractivity contribution in [1.29, 1.82) is 0 Å². The molecule has 0 saturated heterocycles. The van der Waals surface area contributed by atoms with Crippen molar-refractivity contribution in [2.45, 2.75) is 11.8 Å². The molecule has 2 aromatic rings. The molecule has 0 spiro atoms. The summed E-state index contributed by atoms with van der Waals surface area (Å²) in [4.78, 5) is 11.9. The maximum atomic E-state index is 12.1. The van der Waals surface area contributed by atoms with Crippen LogP contribution in [0.1, 0.15) is 5.56 Å². The van der Waals surface area contributed by atoms with Crippen molar-refractivity contribution in [3.05, 3.63) is 58.1 Å². The van der Waals surface area contributed by atoms with Crippen LogP contribution >= 0.6 is 23.2 Å². The molecule has 1 amide bonds. The van der Waals surface area contributed by atoms with E-state index in [0.717, 1.165) is 5.56 Å². The zero-order valence-electron chi connectivity index (χ0n) is 12.1. The molecule has 0 bridgehead atoms. The number of anilines is 1. The predicted molar refractivity (Wildman–Crippen MR) is 91.5 cm³/mol. The molecule has 0 aliphatic heterocycles. The molecule has 0 unspecified atom stereocenters. The molecule has 0 aliphatic rings. The Morgan fingerprint density at radius 2 is 1.78 bits per heavy atom. The van der Waals surface area contributed by atoms with E-state index in [4.69, 9.17) is 23.2 Å². The lowest BCUT2D eigenvalue weighted by Gasteiger charge is -2.10. The fourth-order valence-corrected chi connectivity index (χ4v) is 3.35. The van der Waals surface area contributed by atoms with Gasteiger partial charge in [0, 0.05) is 15.7 Å². The average molecular weight is 373 g/mol. The van der Waals surface area contributed by atoms with Crippen molar-refractivity contribution in [3.8, 4) is 0 Å². The van der Waals surface area contributed by atoms with E-state index >= 15 is 0 Å². The molecule has 0 saturated carbocycles. The van der Waals surface area contributed by atoms with Gasteiger partial charge in [0.2, 0.25) is 15.9 Å². The molecule has 0 aliphatic carbocycles. The van der Waals surface area contributed by atoms with Gasteiger partial charge < -0.3 is 5.32 Å². The summed E-state index contributed by atoms with van der Waals surface area (Å²) in [5, 5.41) is 3.48. The van der Waals surface area contributed by atoms with Gasteiger partial charge in [0.05, 0.1) is 11.4 Å². The predicted octanol–water partition coefficient (Wildman–Crippen LogP) is 3.22. The number of amides is 1. The van der Waals surface area contributed by atoms with Crippen LogP contribution in [0.5, 0.6) is 0 Å². The van der Waals surface area contributed by atoms with Gasteiger partial charge in [-0.2, -0.15) is 0 Å². The van der Waals surface area contributed by atoms with Crippen LogP contribution in [0.25, 0.3) is 0 Å². The first kappa shape index (κ1) is 17.7. The van der Waals surface area contributed by atoms with Crippen LogP contribution in [0.2, 0.25) is 10.0 Å². The Morgan fingerprint density at radius 1 is 1.09 bits per heavy atom. The van der Waals surface area contributed by atoms with Gasteiger partial charge in [-0.25, -0.2) is 13.1 Å². The van der Waals surface area contributed by atoms with Gasteiger partial charge in [-0.1, -0.05) is 29.3 Å². The number of nitrogens with one attached hydrogen (secondary N) is 2. The molecule has 2 rings (SSSR count). The Morgan fingerprint density at radius 3 is 2.43 bits per heavy atom. The van der Waals surface area contributed by atoms with E-state index in [2.05, 4.69) is 10.0 Å². The smallest absolute Gasteiger partial charge is 0.241 e. The van der Waals surface area contributed by atoms with Gasteiger partial charge in [0.1, 0.15) is 0 Å². The topological polar surface area (TPSA) is 75.3 Å². The molecule has 23 heavy (non-hydrogen) atoms. The van der Waals surface area contributed by atoms with Crippen LogP contribution in [0.3, 0.4) is 0 Å². The van der Waals surface area contributed by atoms with Gasteiger partial charge in [-0.15, -0.1) is 0 Å². The molecule has 0 fully saturated rings. The van der Waals surface area contributed by atoms with Crippen molar-refractivity contribution >= 4 is 44.8 Å². The fraction of sp³-hybridized carbons (Fsp3) is 0.133. The van der Waals surface area contributed by atoms with Crippen LogP contribution < -0.4 is 10.0 Å². The van der Waals surface area contributed by atoms with E-state index in [-0.39, 0.29) is 4.90 Å². The van der Waals surface area contributed by atoms with Gasteiger partial charge in [0.15, 0.2) is 0 Å². The molecular weight excluding hydrogens is 359 g/mol. The van der Waals surface area contributed by atoms with Crippen molar-refractivity contribution in [3.63, 3.8) is 0 Å². The minimum absolute atomic E-state index is 0.000438. The maximum absolute atomic E-state index is 12.1. The van der Waals surface area contributed by atoms with Crippen molar-refractivity contribution in [1.82, 2.24) is 4.72 Å². The fourth-order valence-electron chi connectivity index (χ4n) is 1.84. The quantitative estimate of drug-likeness (QED) is 0.845. The largest absolute Gasteiger partial charge is 0.325 e. The molecule has 0 heterocycles. The summed E-state index contributed by atoms with van der Waals surface area (Å²) in [6.45, 7) is 1.40. The second-order valence-electron chi connectivity index (χ2n) is 4.79. The van der Waals surface area contributed by atoms with E-state index in [9.17, 15) is 13.2 Å².